The smallest absolute Gasteiger partial charge is 0.430 e. The molecule has 0 bridgehead atoms. The van der Waals surface area contributed by atoms with Crippen LogP contribution < -0.4 is 14.5 Å². The van der Waals surface area contributed by atoms with Gasteiger partial charge in [0.25, 0.3) is 10.0 Å². The number of hydrogen-bond donors (Lipinski definition) is 1. The van der Waals surface area contributed by atoms with Crippen molar-refractivity contribution < 1.29 is 31.9 Å². The zero-order chi connectivity index (χ0) is 32.4. The van der Waals surface area contributed by atoms with E-state index in [0.717, 1.165) is 11.3 Å². The van der Waals surface area contributed by atoms with Crippen LogP contribution in [-0.2, 0) is 19.5 Å². The zero-order valence-electron chi connectivity index (χ0n) is 25.8. The van der Waals surface area contributed by atoms with Gasteiger partial charge in [-0.3, -0.25) is 0 Å². The third kappa shape index (κ3) is 7.97. The van der Waals surface area contributed by atoms with E-state index in [-0.39, 0.29) is 16.8 Å². The fraction of sp³-hybridized carbons (Fsp3) is 0.433. The predicted octanol–water partition coefficient (Wildman–Crippen LogP) is 6.60. The Morgan fingerprint density at radius 3 is 2.25 bits per heavy atom. The Morgan fingerprint density at radius 1 is 1.02 bits per heavy atom. The number of sulfonamides is 1. The van der Waals surface area contributed by atoms with Crippen LogP contribution in [0.3, 0.4) is 0 Å². The average molecular weight is 648 g/mol. The number of thiazole rings is 1. The number of nitrogens with zero attached hydrogens (tertiary/aromatic N) is 4. The molecule has 1 aliphatic rings. The number of anilines is 4. The molecule has 1 unspecified atom stereocenters. The molecule has 11 nitrogen and oxygen atoms in total. The second-order valence-corrected chi connectivity index (χ2v) is 14.9. The Bertz CT molecular complexity index is 1590. The van der Waals surface area contributed by atoms with Gasteiger partial charge in [0.1, 0.15) is 17.0 Å². The molecule has 4 rings (SSSR count). The molecule has 1 aliphatic heterocycles. The first-order chi connectivity index (χ1) is 20.4. The highest BCUT2D eigenvalue weighted by Gasteiger charge is 2.36. The number of amides is 2. The first-order valence-corrected chi connectivity index (χ1v) is 16.4. The molecule has 1 atom stereocenters. The SMILES string of the molecule is CN(C(=O)OC(C)(C)C)C1CCN(c2cc(F)ccc2Nc2ccc(S(=O)(=O)N(C(=O)OC(C)(C)C)c3cscn3)cc2)C1. The summed E-state index contributed by atoms with van der Waals surface area (Å²) in [5.41, 5.74) is 1.61. The number of carbonyl (C=O) groups is 2. The van der Waals surface area contributed by atoms with Gasteiger partial charge in [-0.25, -0.2) is 27.4 Å². The minimum absolute atomic E-state index is 0.0661. The van der Waals surface area contributed by atoms with E-state index in [1.54, 1.807) is 50.9 Å². The lowest BCUT2D eigenvalue weighted by Crippen LogP contribution is -2.42. The fourth-order valence-electron chi connectivity index (χ4n) is 4.53. The van der Waals surface area contributed by atoms with Gasteiger partial charge in [0.05, 0.1) is 27.8 Å². The molecule has 3 aromatic rings. The lowest BCUT2D eigenvalue weighted by atomic mass is 10.2. The molecular formula is C30H38FN5O6S2. The Hall–Kier alpha value is -3.91. The lowest BCUT2D eigenvalue weighted by molar-refractivity contribution is 0.0237. The summed E-state index contributed by atoms with van der Waals surface area (Å²) < 4.78 is 53.0. The number of hydrogen-bond acceptors (Lipinski definition) is 10. The van der Waals surface area contributed by atoms with E-state index in [1.807, 2.05) is 25.7 Å². The van der Waals surface area contributed by atoms with E-state index in [4.69, 9.17) is 9.47 Å². The van der Waals surface area contributed by atoms with Crippen molar-refractivity contribution in [2.24, 2.45) is 0 Å². The average Bonchev–Trinajstić information content (AvgIpc) is 3.60. The molecule has 14 heteroatoms. The van der Waals surface area contributed by atoms with Crippen LogP contribution in [0, 0.1) is 5.82 Å². The third-order valence-corrected chi connectivity index (χ3v) is 8.81. The largest absolute Gasteiger partial charge is 0.444 e. The number of benzene rings is 2. The van der Waals surface area contributed by atoms with Crippen LogP contribution in [0.5, 0.6) is 0 Å². The molecule has 0 aliphatic carbocycles. The lowest BCUT2D eigenvalue weighted by Gasteiger charge is -2.29. The maximum atomic E-state index is 14.4. The molecule has 1 N–H and O–H groups in total. The summed E-state index contributed by atoms with van der Waals surface area (Å²) in [5, 5.41) is 4.69. The van der Waals surface area contributed by atoms with Gasteiger partial charge in [-0.05, 0) is 90.4 Å². The molecular weight excluding hydrogens is 609 g/mol. The minimum Gasteiger partial charge on any atom is -0.444 e. The maximum Gasteiger partial charge on any atom is 0.430 e. The van der Waals surface area contributed by atoms with Gasteiger partial charge in [0.2, 0.25) is 0 Å². The molecule has 238 valence electrons. The quantitative estimate of drug-likeness (QED) is 0.302. The van der Waals surface area contributed by atoms with Gasteiger partial charge < -0.3 is 24.6 Å². The molecule has 1 fully saturated rings. The summed E-state index contributed by atoms with van der Waals surface area (Å²) in [4.78, 5) is 33.0. The van der Waals surface area contributed by atoms with Crippen LogP contribution in [-0.4, -0.2) is 67.9 Å². The predicted molar refractivity (Wildman–Crippen MR) is 169 cm³/mol. The van der Waals surface area contributed by atoms with Crippen molar-refractivity contribution in [2.45, 2.75) is 70.1 Å². The number of likely N-dealkylation sites (N-methyl/N-ethyl adjacent to an activating group) is 1. The van der Waals surface area contributed by atoms with Gasteiger partial charge >= 0.3 is 12.2 Å². The summed E-state index contributed by atoms with van der Waals surface area (Å²) in [5.74, 6) is -0.483. The van der Waals surface area contributed by atoms with Gasteiger partial charge in [-0.15, -0.1) is 15.6 Å². The summed E-state index contributed by atoms with van der Waals surface area (Å²) in [6, 6.07) is 10.1. The molecule has 44 heavy (non-hydrogen) atoms. The Labute approximate surface area is 261 Å². The fourth-order valence-corrected chi connectivity index (χ4v) is 6.38. The molecule has 0 radical (unpaired) electrons. The molecule has 0 saturated carbocycles. The minimum atomic E-state index is -4.37. The van der Waals surface area contributed by atoms with E-state index in [1.165, 1.54) is 35.2 Å². The summed E-state index contributed by atoms with van der Waals surface area (Å²) in [7, 11) is -2.67. The molecule has 0 spiro atoms. The molecule has 2 amide bonds. The summed E-state index contributed by atoms with van der Waals surface area (Å²) >= 11 is 1.14. The van der Waals surface area contributed by atoms with Crippen LogP contribution in [0.4, 0.5) is 36.9 Å². The van der Waals surface area contributed by atoms with Crippen molar-refractivity contribution in [1.82, 2.24) is 9.88 Å². The van der Waals surface area contributed by atoms with Crippen molar-refractivity contribution in [3.63, 3.8) is 0 Å². The van der Waals surface area contributed by atoms with E-state index in [0.29, 0.717) is 40.9 Å². The van der Waals surface area contributed by atoms with Gasteiger partial charge in [0.15, 0.2) is 5.82 Å². The molecule has 1 aromatic heterocycles. The van der Waals surface area contributed by atoms with Crippen LogP contribution in [0.25, 0.3) is 0 Å². The second-order valence-electron chi connectivity index (χ2n) is 12.4. The van der Waals surface area contributed by atoms with Crippen molar-refractivity contribution in [3.8, 4) is 0 Å². The number of rotatable bonds is 7. The van der Waals surface area contributed by atoms with Crippen molar-refractivity contribution in [2.75, 3.05) is 34.7 Å². The highest BCUT2D eigenvalue weighted by atomic mass is 32.2. The van der Waals surface area contributed by atoms with Gasteiger partial charge in [0, 0.05) is 31.2 Å². The Balaban J connectivity index is 1.53. The normalized spacial score (nSPS) is 15.5. The topological polar surface area (TPSA) is 121 Å². The number of halogens is 1. The van der Waals surface area contributed by atoms with Crippen LogP contribution in [0.1, 0.15) is 48.0 Å². The van der Waals surface area contributed by atoms with Crippen LogP contribution in [0.15, 0.2) is 58.3 Å². The molecule has 2 heterocycles. The summed E-state index contributed by atoms with van der Waals surface area (Å²) in [6.45, 7) is 11.4. The van der Waals surface area contributed by atoms with E-state index in [2.05, 4.69) is 10.3 Å². The zero-order valence-corrected chi connectivity index (χ0v) is 27.5. The van der Waals surface area contributed by atoms with E-state index < -0.39 is 39.2 Å². The first-order valence-electron chi connectivity index (χ1n) is 14.0. The van der Waals surface area contributed by atoms with Crippen molar-refractivity contribution in [3.05, 3.63) is 59.2 Å². The number of ether oxygens (including phenoxy) is 2. The maximum absolute atomic E-state index is 14.4. The summed E-state index contributed by atoms with van der Waals surface area (Å²) in [6.07, 6.45) is -0.814. The van der Waals surface area contributed by atoms with E-state index >= 15 is 0 Å². The highest BCUT2D eigenvalue weighted by molar-refractivity contribution is 7.93. The number of nitrogens with one attached hydrogen (secondary N) is 1. The Kier molecular flexibility index (Phi) is 9.45. The third-order valence-electron chi connectivity index (χ3n) is 6.55. The molecule has 2 aromatic carbocycles. The molecule has 1 saturated heterocycles. The first kappa shape index (κ1) is 33.0. The Morgan fingerprint density at radius 2 is 1.66 bits per heavy atom. The van der Waals surface area contributed by atoms with Crippen LogP contribution >= 0.6 is 11.3 Å². The van der Waals surface area contributed by atoms with Crippen LogP contribution in [0.2, 0.25) is 0 Å². The number of carbonyl (C=O) groups excluding carboxylic acids is 2. The standard InChI is InChI=1S/C30H38FN5O6S2/c1-29(2,3)41-27(37)34(7)22-14-15-35(17-22)25-16-20(31)8-13-24(25)33-21-9-11-23(12-10-21)44(39,40)36(26-18-43-19-32-26)28(38)42-30(4,5)6/h8-13,16,18-19,22,33H,14-15,17H2,1-7H3. The van der Waals surface area contributed by atoms with Gasteiger partial charge in [-0.1, -0.05) is 0 Å². The second kappa shape index (κ2) is 12.6. The number of aromatic nitrogens is 1. The van der Waals surface area contributed by atoms with Crippen molar-refractivity contribution >= 4 is 56.4 Å². The highest BCUT2D eigenvalue weighted by Crippen LogP contribution is 2.34. The van der Waals surface area contributed by atoms with Crippen molar-refractivity contribution in [1.29, 1.82) is 0 Å². The monoisotopic (exact) mass is 647 g/mol. The van der Waals surface area contributed by atoms with E-state index in [9.17, 15) is 22.4 Å². The van der Waals surface area contributed by atoms with Gasteiger partial charge in [-0.2, -0.15) is 0 Å².